The average molecular weight is 594 g/mol. The topological polar surface area (TPSA) is 104 Å². The van der Waals surface area contributed by atoms with Crippen molar-refractivity contribution in [3.05, 3.63) is 53.0 Å². The number of likely N-dealkylation sites (N-methyl/N-ethyl adjacent to an activating group) is 1. The van der Waals surface area contributed by atoms with Gasteiger partial charge in [0.25, 0.3) is 5.91 Å². The number of amides is 4. The summed E-state index contributed by atoms with van der Waals surface area (Å²) in [5, 5.41) is 7.93. The summed E-state index contributed by atoms with van der Waals surface area (Å²) in [5.41, 5.74) is 3.54. The van der Waals surface area contributed by atoms with E-state index in [1.807, 2.05) is 65.1 Å². The lowest BCUT2D eigenvalue weighted by Crippen LogP contribution is -2.43. The third-order valence-corrected chi connectivity index (χ3v) is 9.02. The lowest BCUT2D eigenvalue weighted by atomic mass is 9.95. The monoisotopic (exact) mass is 593 g/mol. The number of thiophene rings is 1. The first-order valence-corrected chi connectivity index (χ1v) is 15.9. The molecule has 0 radical (unpaired) electrons. The second-order valence-corrected chi connectivity index (χ2v) is 12.1. The fourth-order valence-electron chi connectivity index (χ4n) is 5.82. The van der Waals surface area contributed by atoms with Crippen LogP contribution in [0.1, 0.15) is 74.8 Å². The van der Waals surface area contributed by atoms with E-state index in [1.54, 1.807) is 23.2 Å². The molecule has 3 aromatic rings. The molecule has 0 atom stereocenters. The number of carbonyl (C=O) groups is 4. The Morgan fingerprint density at radius 3 is 2.40 bits per heavy atom. The summed E-state index contributed by atoms with van der Waals surface area (Å²) in [4.78, 5) is 50.9. The van der Waals surface area contributed by atoms with E-state index in [-0.39, 0.29) is 36.3 Å². The molecule has 0 spiro atoms. The Morgan fingerprint density at radius 1 is 1.02 bits per heavy atom. The second-order valence-electron chi connectivity index (χ2n) is 11.1. The normalized spacial score (nSPS) is 15.9. The molecule has 0 unspecified atom stereocenters. The number of benzene rings is 1. The van der Waals surface area contributed by atoms with Gasteiger partial charge in [0.2, 0.25) is 18.2 Å². The zero-order chi connectivity index (χ0) is 30.1. The van der Waals surface area contributed by atoms with Crippen LogP contribution in [-0.4, -0.2) is 65.3 Å². The third kappa shape index (κ3) is 8.00. The number of hydrogen-bond donors (Lipinski definition) is 2. The van der Waals surface area contributed by atoms with E-state index < -0.39 is 0 Å². The van der Waals surface area contributed by atoms with Crippen LogP contribution in [0.4, 0.5) is 5.69 Å². The molecule has 0 bridgehead atoms. The fraction of sp³-hybridized carbons (Fsp3) is 0.500. The van der Waals surface area contributed by atoms with Crippen LogP contribution >= 0.6 is 11.3 Å². The average Bonchev–Trinajstić information content (AvgIpc) is 3.58. The van der Waals surface area contributed by atoms with Crippen molar-refractivity contribution in [1.29, 1.82) is 0 Å². The molecule has 1 aliphatic heterocycles. The molecule has 1 saturated heterocycles. The maximum absolute atomic E-state index is 13.3. The predicted molar refractivity (Wildman–Crippen MR) is 168 cm³/mol. The Labute approximate surface area is 252 Å². The summed E-state index contributed by atoms with van der Waals surface area (Å²) < 4.78 is 2.92. The van der Waals surface area contributed by atoms with E-state index in [9.17, 15) is 19.2 Å². The molecule has 9 nitrogen and oxygen atoms in total. The summed E-state index contributed by atoms with van der Waals surface area (Å²) in [5.74, 6) is 0.0368. The van der Waals surface area contributed by atoms with Gasteiger partial charge in [0.1, 0.15) is 12.2 Å². The van der Waals surface area contributed by atoms with Gasteiger partial charge < -0.3 is 25.0 Å². The quantitative estimate of drug-likeness (QED) is 0.364. The molecule has 42 heavy (non-hydrogen) atoms. The zero-order valence-corrected chi connectivity index (χ0v) is 25.8. The SMILES string of the molecule is CC(=O)N1CCC(NC=O)CC1.CCN(C(=O)Cn1c(C(=O)NC2CCCCC2)cc2sccc21)c1cccc(C)c1. The van der Waals surface area contributed by atoms with Crippen molar-refractivity contribution >= 4 is 51.4 Å². The minimum Gasteiger partial charge on any atom is -0.356 e. The van der Waals surface area contributed by atoms with E-state index in [2.05, 4.69) is 10.6 Å². The van der Waals surface area contributed by atoms with Crippen molar-refractivity contribution in [2.24, 2.45) is 0 Å². The molecular weight excluding hydrogens is 550 g/mol. The molecule has 2 aliphatic rings. The molecule has 1 saturated carbocycles. The van der Waals surface area contributed by atoms with Crippen LogP contribution in [0.25, 0.3) is 10.2 Å². The molecule has 10 heteroatoms. The van der Waals surface area contributed by atoms with Gasteiger partial charge in [-0.25, -0.2) is 0 Å². The number of likely N-dealkylation sites (tertiary alicyclic amines) is 1. The van der Waals surface area contributed by atoms with Crippen LogP contribution in [0.5, 0.6) is 0 Å². The lowest BCUT2D eigenvalue weighted by Gasteiger charge is -2.30. The Morgan fingerprint density at radius 2 is 1.76 bits per heavy atom. The molecule has 2 fully saturated rings. The third-order valence-electron chi connectivity index (χ3n) is 8.16. The summed E-state index contributed by atoms with van der Waals surface area (Å²) in [6, 6.07) is 12.4. The molecule has 2 N–H and O–H groups in total. The van der Waals surface area contributed by atoms with E-state index in [0.717, 1.165) is 66.7 Å². The predicted octanol–water partition coefficient (Wildman–Crippen LogP) is 4.87. The Hall–Kier alpha value is -3.66. The Balaban J connectivity index is 0.000000283. The van der Waals surface area contributed by atoms with Gasteiger partial charge in [-0.2, -0.15) is 0 Å². The number of fused-ring (bicyclic) bond motifs is 1. The first kappa shape index (κ1) is 31.3. The number of nitrogens with zero attached hydrogens (tertiary/aromatic N) is 3. The van der Waals surface area contributed by atoms with Crippen LogP contribution in [0, 0.1) is 6.92 Å². The van der Waals surface area contributed by atoms with E-state index >= 15 is 0 Å². The number of rotatable bonds is 8. The number of hydrogen-bond acceptors (Lipinski definition) is 5. The van der Waals surface area contributed by atoms with Gasteiger partial charge in [0, 0.05) is 44.3 Å². The molecule has 1 aliphatic carbocycles. The molecule has 3 heterocycles. The molecular formula is C32H43N5O4S. The molecule has 2 aromatic heterocycles. The van der Waals surface area contributed by atoms with Crippen molar-refractivity contribution in [3.8, 4) is 0 Å². The molecule has 4 amide bonds. The molecule has 1 aromatic carbocycles. The Kier molecular flexibility index (Phi) is 11.2. The zero-order valence-electron chi connectivity index (χ0n) is 24.9. The van der Waals surface area contributed by atoms with Crippen LogP contribution in [0.15, 0.2) is 41.8 Å². The maximum Gasteiger partial charge on any atom is 0.268 e. The van der Waals surface area contributed by atoms with Crippen molar-refractivity contribution in [2.45, 2.75) is 84.3 Å². The number of nitrogens with one attached hydrogen (secondary N) is 2. The van der Waals surface area contributed by atoms with Gasteiger partial charge in [-0.1, -0.05) is 31.4 Å². The number of aryl methyl sites for hydroxylation is 1. The van der Waals surface area contributed by atoms with Crippen LogP contribution in [-0.2, 0) is 20.9 Å². The summed E-state index contributed by atoms with van der Waals surface area (Å²) >= 11 is 1.60. The van der Waals surface area contributed by atoms with Gasteiger partial charge in [-0.15, -0.1) is 11.3 Å². The lowest BCUT2D eigenvalue weighted by molar-refractivity contribution is -0.130. The minimum absolute atomic E-state index is 0.0153. The minimum atomic E-state index is -0.0725. The molecule has 5 rings (SSSR count). The van der Waals surface area contributed by atoms with Crippen LogP contribution in [0.2, 0.25) is 0 Å². The van der Waals surface area contributed by atoms with Gasteiger partial charge >= 0.3 is 0 Å². The maximum atomic E-state index is 13.3. The summed E-state index contributed by atoms with van der Waals surface area (Å²) in [7, 11) is 0. The highest BCUT2D eigenvalue weighted by Crippen LogP contribution is 2.27. The van der Waals surface area contributed by atoms with Crippen molar-refractivity contribution in [1.82, 2.24) is 20.1 Å². The number of carbonyl (C=O) groups excluding carboxylic acids is 4. The van der Waals surface area contributed by atoms with Gasteiger partial charge in [0.15, 0.2) is 0 Å². The highest BCUT2D eigenvalue weighted by atomic mass is 32.1. The van der Waals surface area contributed by atoms with Crippen molar-refractivity contribution in [2.75, 3.05) is 24.5 Å². The van der Waals surface area contributed by atoms with Gasteiger partial charge in [-0.05, 0) is 74.7 Å². The molecule has 226 valence electrons. The number of piperidine rings is 1. The van der Waals surface area contributed by atoms with Gasteiger partial charge in [0.05, 0.1) is 10.2 Å². The smallest absolute Gasteiger partial charge is 0.268 e. The van der Waals surface area contributed by atoms with E-state index in [0.29, 0.717) is 12.2 Å². The first-order valence-electron chi connectivity index (χ1n) is 15.0. The standard InChI is InChI=1S/C24H29N3O2S.C8H14N2O2/c1-3-26(19-11-7-8-17(2)14-19)23(28)16-27-20-12-13-30-22(20)15-21(27)24(29)25-18-9-5-4-6-10-18;1-7(12)10-4-2-8(3-5-10)9-6-11/h7-8,11-15,18H,3-6,9-10,16H2,1-2H3,(H,25,29);6,8H,2-5H2,1H3,(H,9,11). The van der Waals surface area contributed by atoms with Gasteiger partial charge in [-0.3, -0.25) is 19.2 Å². The van der Waals surface area contributed by atoms with Crippen LogP contribution in [0.3, 0.4) is 0 Å². The highest BCUT2D eigenvalue weighted by molar-refractivity contribution is 7.17. The summed E-state index contributed by atoms with van der Waals surface area (Å²) in [6.45, 7) is 7.84. The van der Waals surface area contributed by atoms with E-state index in [4.69, 9.17) is 0 Å². The van der Waals surface area contributed by atoms with Crippen molar-refractivity contribution < 1.29 is 19.2 Å². The van der Waals surface area contributed by atoms with Crippen LogP contribution < -0.4 is 15.5 Å². The highest BCUT2D eigenvalue weighted by Gasteiger charge is 2.24. The number of anilines is 1. The van der Waals surface area contributed by atoms with Crippen molar-refractivity contribution in [3.63, 3.8) is 0 Å². The largest absolute Gasteiger partial charge is 0.356 e. The number of aromatic nitrogens is 1. The summed E-state index contributed by atoms with van der Waals surface area (Å²) in [6.07, 6.45) is 8.14. The second kappa shape index (κ2) is 15.0. The first-order chi connectivity index (χ1) is 20.3. The van der Waals surface area contributed by atoms with E-state index in [1.165, 1.54) is 19.3 Å². The fourth-order valence-corrected chi connectivity index (χ4v) is 6.64. The Bertz CT molecular complexity index is 1370.